The predicted octanol–water partition coefficient (Wildman–Crippen LogP) is 0.988. The highest BCUT2D eigenvalue weighted by Gasteiger charge is 2.00. The quantitative estimate of drug-likeness (QED) is 0.764. The largest absolute Gasteiger partial charge is 0.384 e. The minimum absolute atomic E-state index is 0.550. The first-order valence-electron chi connectivity index (χ1n) is 4.42. The van der Waals surface area contributed by atoms with Gasteiger partial charge in [0.05, 0.1) is 0 Å². The number of nitrogen functional groups attached to an aromatic ring is 1. The van der Waals surface area contributed by atoms with Gasteiger partial charge in [0.2, 0.25) is 0 Å². The molecule has 14 heavy (non-hydrogen) atoms. The minimum atomic E-state index is 0.550. The summed E-state index contributed by atoms with van der Waals surface area (Å²) in [5, 5.41) is 0. The number of aromatic nitrogens is 3. The van der Waals surface area contributed by atoms with Crippen molar-refractivity contribution >= 4 is 5.82 Å². The molecular formula is C10H12N4. The molecule has 0 amide bonds. The summed E-state index contributed by atoms with van der Waals surface area (Å²) in [6, 6.07) is 3.77. The van der Waals surface area contributed by atoms with Crippen LogP contribution in [0.5, 0.6) is 0 Å². The van der Waals surface area contributed by atoms with Gasteiger partial charge in [0, 0.05) is 32.1 Å². The van der Waals surface area contributed by atoms with E-state index >= 15 is 0 Å². The first-order valence-corrected chi connectivity index (χ1v) is 4.42. The Hall–Kier alpha value is -1.84. The number of pyridine rings is 1. The molecule has 2 rings (SSSR count). The third kappa shape index (κ3) is 1.74. The molecule has 0 aliphatic carbocycles. The number of anilines is 1. The second-order valence-electron chi connectivity index (χ2n) is 3.22. The Morgan fingerprint density at radius 3 is 2.79 bits per heavy atom. The van der Waals surface area contributed by atoms with E-state index in [2.05, 4.69) is 9.97 Å². The molecule has 0 aromatic carbocycles. The van der Waals surface area contributed by atoms with Crippen molar-refractivity contribution in [3.05, 3.63) is 42.1 Å². The highest BCUT2D eigenvalue weighted by Crippen LogP contribution is 2.07. The lowest BCUT2D eigenvalue weighted by molar-refractivity contribution is 0.820. The van der Waals surface area contributed by atoms with Gasteiger partial charge in [-0.25, -0.2) is 9.97 Å². The molecule has 2 aromatic heterocycles. The molecule has 2 heterocycles. The number of imidazole rings is 1. The second-order valence-corrected chi connectivity index (χ2v) is 3.22. The predicted molar refractivity (Wildman–Crippen MR) is 54.7 cm³/mol. The van der Waals surface area contributed by atoms with Crippen LogP contribution in [-0.4, -0.2) is 14.5 Å². The number of rotatable bonds is 2. The Kier molecular flexibility index (Phi) is 2.18. The maximum Gasteiger partial charge on any atom is 0.123 e. The van der Waals surface area contributed by atoms with Crippen LogP contribution in [0.4, 0.5) is 5.82 Å². The van der Waals surface area contributed by atoms with Gasteiger partial charge in [-0.2, -0.15) is 0 Å². The topological polar surface area (TPSA) is 56.7 Å². The van der Waals surface area contributed by atoms with E-state index in [1.165, 1.54) is 0 Å². The van der Waals surface area contributed by atoms with Crippen molar-refractivity contribution in [3.8, 4) is 0 Å². The van der Waals surface area contributed by atoms with Gasteiger partial charge in [-0.05, 0) is 11.6 Å². The Balaban J connectivity index is 2.19. The van der Waals surface area contributed by atoms with Gasteiger partial charge >= 0.3 is 0 Å². The standard InChI is InChI=1S/C10H12N4/c1-14-5-4-12-10(14)6-8-2-3-9(11)13-7-8/h2-5,7H,6H2,1H3,(H2,11,13). The monoisotopic (exact) mass is 188 g/mol. The molecule has 0 atom stereocenters. The average Bonchev–Trinajstić information content (AvgIpc) is 2.56. The molecular weight excluding hydrogens is 176 g/mol. The lowest BCUT2D eigenvalue weighted by Gasteiger charge is -2.01. The average molecular weight is 188 g/mol. The maximum absolute atomic E-state index is 5.50. The molecule has 0 bridgehead atoms. The van der Waals surface area contributed by atoms with Crippen LogP contribution in [0.25, 0.3) is 0 Å². The van der Waals surface area contributed by atoms with Crippen LogP contribution in [0.2, 0.25) is 0 Å². The molecule has 2 N–H and O–H groups in total. The number of hydrogen-bond acceptors (Lipinski definition) is 3. The first kappa shape index (κ1) is 8.74. The van der Waals surface area contributed by atoms with Crippen molar-refractivity contribution in [3.63, 3.8) is 0 Å². The smallest absolute Gasteiger partial charge is 0.123 e. The fourth-order valence-corrected chi connectivity index (χ4v) is 1.29. The van der Waals surface area contributed by atoms with Crippen molar-refractivity contribution in [2.24, 2.45) is 7.05 Å². The highest BCUT2D eigenvalue weighted by molar-refractivity contribution is 5.30. The molecule has 4 nitrogen and oxygen atoms in total. The van der Waals surface area contributed by atoms with E-state index in [1.54, 1.807) is 18.5 Å². The van der Waals surface area contributed by atoms with E-state index in [0.717, 1.165) is 17.8 Å². The van der Waals surface area contributed by atoms with Gasteiger partial charge in [0.1, 0.15) is 11.6 Å². The molecule has 0 unspecified atom stereocenters. The van der Waals surface area contributed by atoms with Crippen LogP contribution in [0.3, 0.4) is 0 Å². The van der Waals surface area contributed by atoms with Gasteiger partial charge in [0.15, 0.2) is 0 Å². The van der Waals surface area contributed by atoms with E-state index in [0.29, 0.717) is 5.82 Å². The third-order valence-electron chi connectivity index (χ3n) is 2.13. The first-order chi connectivity index (χ1) is 6.75. The van der Waals surface area contributed by atoms with Crippen LogP contribution in [0.15, 0.2) is 30.7 Å². The minimum Gasteiger partial charge on any atom is -0.384 e. The molecule has 0 saturated heterocycles. The normalized spacial score (nSPS) is 10.4. The molecule has 2 aromatic rings. The number of aryl methyl sites for hydroxylation is 1. The summed E-state index contributed by atoms with van der Waals surface area (Å²) in [7, 11) is 1.98. The maximum atomic E-state index is 5.50. The molecule has 0 aliphatic heterocycles. The van der Waals surface area contributed by atoms with Crippen molar-refractivity contribution in [1.29, 1.82) is 0 Å². The third-order valence-corrected chi connectivity index (χ3v) is 2.13. The van der Waals surface area contributed by atoms with Crippen LogP contribution in [-0.2, 0) is 13.5 Å². The second kappa shape index (κ2) is 3.49. The lowest BCUT2D eigenvalue weighted by Crippen LogP contribution is -1.99. The summed E-state index contributed by atoms with van der Waals surface area (Å²) in [5.41, 5.74) is 6.62. The van der Waals surface area contributed by atoms with Crippen molar-refractivity contribution in [2.45, 2.75) is 6.42 Å². The number of nitrogens with two attached hydrogens (primary N) is 1. The van der Waals surface area contributed by atoms with Crippen LogP contribution >= 0.6 is 0 Å². The summed E-state index contributed by atoms with van der Waals surface area (Å²) in [6.45, 7) is 0. The van der Waals surface area contributed by atoms with E-state index in [1.807, 2.05) is 23.9 Å². The molecule has 0 fully saturated rings. The summed E-state index contributed by atoms with van der Waals surface area (Å²) in [6.07, 6.45) is 6.29. The zero-order valence-electron chi connectivity index (χ0n) is 8.01. The van der Waals surface area contributed by atoms with Crippen molar-refractivity contribution in [2.75, 3.05) is 5.73 Å². The van der Waals surface area contributed by atoms with Crippen LogP contribution in [0, 0.1) is 0 Å². The Labute approximate surface area is 82.4 Å². The van der Waals surface area contributed by atoms with Crippen molar-refractivity contribution in [1.82, 2.24) is 14.5 Å². The lowest BCUT2D eigenvalue weighted by atomic mass is 10.2. The summed E-state index contributed by atoms with van der Waals surface area (Å²) in [5.74, 6) is 1.57. The van der Waals surface area contributed by atoms with Gasteiger partial charge < -0.3 is 10.3 Å². The molecule has 0 saturated carbocycles. The molecule has 72 valence electrons. The SMILES string of the molecule is Cn1ccnc1Cc1ccc(N)nc1. The Morgan fingerprint density at radius 2 is 2.21 bits per heavy atom. The van der Waals surface area contributed by atoms with Crippen LogP contribution in [0.1, 0.15) is 11.4 Å². The number of hydrogen-bond donors (Lipinski definition) is 1. The molecule has 0 spiro atoms. The highest BCUT2D eigenvalue weighted by atomic mass is 15.0. The van der Waals surface area contributed by atoms with Gasteiger partial charge in [-0.3, -0.25) is 0 Å². The summed E-state index contributed by atoms with van der Waals surface area (Å²) < 4.78 is 2.00. The van der Waals surface area contributed by atoms with Gasteiger partial charge in [0.25, 0.3) is 0 Å². The Bertz CT molecular complexity index is 416. The van der Waals surface area contributed by atoms with E-state index in [9.17, 15) is 0 Å². The molecule has 0 radical (unpaired) electrons. The summed E-state index contributed by atoms with van der Waals surface area (Å²) >= 11 is 0. The zero-order valence-corrected chi connectivity index (χ0v) is 8.01. The zero-order chi connectivity index (χ0) is 9.97. The number of nitrogens with zero attached hydrogens (tertiary/aromatic N) is 3. The van der Waals surface area contributed by atoms with E-state index in [-0.39, 0.29) is 0 Å². The van der Waals surface area contributed by atoms with E-state index in [4.69, 9.17) is 5.73 Å². The fraction of sp³-hybridized carbons (Fsp3) is 0.200. The van der Waals surface area contributed by atoms with Gasteiger partial charge in [-0.1, -0.05) is 6.07 Å². The summed E-state index contributed by atoms with van der Waals surface area (Å²) in [4.78, 5) is 8.27. The fourth-order valence-electron chi connectivity index (χ4n) is 1.29. The molecule has 4 heteroatoms. The Morgan fingerprint density at radius 1 is 1.36 bits per heavy atom. The molecule has 0 aliphatic rings. The van der Waals surface area contributed by atoms with Gasteiger partial charge in [-0.15, -0.1) is 0 Å². The van der Waals surface area contributed by atoms with Crippen LogP contribution < -0.4 is 5.73 Å². The van der Waals surface area contributed by atoms with Crippen molar-refractivity contribution < 1.29 is 0 Å². The van der Waals surface area contributed by atoms with E-state index < -0.39 is 0 Å².